The summed E-state index contributed by atoms with van der Waals surface area (Å²) < 4.78 is 5.25. The number of aliphatic hydroxyl groups is 1. The highest BCUT2D eigenvalue weighted by molar-refractivity contribution is 5.83. The molecule has 108 valence electrons. The number of rotatable bonds is 3. The van der Waals surface area contributed by atoms with Crippen molar-refractivity contribution in [3.05, 3.63) is 35.9 Å². The van der Waals surface area contributed by atoms with Gasteiger partial charge in [-0.3, -0.25) is 4.79 Å². The Bertz CT molecular complexity index is 474. The van der Waals surface area contributed by atoms with E-state index in [0.717, 1.165) is 5.56 Å². The van der Waals surface area contributed by atoms with Gasteiger partial charge in [0.1, 0.15) is 12.6 Å². The fourth-order valence-corrected chi connectivity index (χ4v) is 2.37. The van der Waals surface area contributed by atoms with Gasteiger partial charge in [0.25, 0.3) is 0 Å². The topological polar surface area (TPSA) is 66.8 Å². The maximum Gasteiger partial charge on any atom is 0.329 e. The lowest BCUT2D eigenvalue weighted by Gasteiger charge is -2.35. The maximum atomic E-state index is 12.1. The average Bonchev–Trinajstić information content (AvgIpc) is 2.45. The highest BCUT2D eigenvalue weighted by atomic mass is 16.5. The molecule has 0 aliphatic carbocycles. The fraction of sp³-hybridized carbons (Fsp3) is 0.467. The number of amides is 1. The first-order valence-corrected chi connectivity index (χ1v) is 6.73. The van der Waals surface area contributed by atoms with Crippen molar-refractivity contribution in [1.29, 1.82) is 0 Å². The SMILES string of the molecule is CC(=O)N1CC[C@@H](O)CC1C(=O)OCc1ccccc1. The van der Waals surface area contributed by atoms with E-state index in [0.29, 0.717) is 13.0 Å². The molecule has 1 aromatic carbocycles. The summed E-state index contributed by atoms with van der Waals surface area (Å²) in [7, 11) is 0. The van der Waals surface area contributed by atoms with Crippen LogP contribution in [0.1, 0.15) is 25.3 Å². The van der Waals surface area contributed by atoms with Gasteiger partial charge >= 0.3 is 5.97 Å². The molecule has 5 heteroatoms. The molecule has 2 atom stereocenters. The molecule has 1 unspecified atom stereocenters. The normalized spacial score (nSPS) is 22.4. The molecule has 1 aliphatic rings. The van der Waals surface area contributed by atoms with Crippen molar-refractivity contribution < 1.29 is 19.4 Å². The van der Waals surface area contributed by atoms with Crippen molar-refractivity contribution in [2.24, 2.45) is 0 Å². The number of carbonyl (C=O) groups is 2. The lowest BCUT2D eigenvalue weighted by molar-refractivity contribution is -0.159. The number of esters is 1. The molecule has 1 amide bonds. The van der Waals surface area contributed by atoms with Crippen LogP contribution < -0.4 is 0 Å². The Hall–Kier alpha value is -1.88. The molecule has 20 heavy (non-hydrogen) atoms. The lowest BCUT2D eigenvalue weighted by atomic mass is 9.99. The molecule has 0 radical (unpaired) electrons. The van der Waals surface area contributed by atoms with Crippen LogP contribution in [-0.4, -0.2) is 40.6 Å². The van der Waals surface area contributed by atoms with Crippen LogP contribution in [-0.2, 0) is 20.9 Å². The molecule has 1 aliphatic heterocycles. The van der Waals surface area contributed by atoms with E-state index < -0.39 is 18.1 Å². The second kappa shape index (κ2) is 6.52. The number of aliphatic hydroxyl groups excluding tert-OH is 1. The van der Waals surface area contributed by atoms with E-state index >= 15 is 0 Å². The van der Waals surface area contributed by atoms with Gasteiger partial charge < -0.3 is 14.7 Å². The van der Waals surface area contributed by atoms with Crippen LogP contribution in [0.3, 0.4) is 0 Å². The Labute approximate surface area is 118 Å². The quantitative estimate of drug-likeness (QED) is 0.840. The summed E-state index contributed by atoms with van der Waals surface area (Å²) in [5.74, 6) is -0.624. The van der Waals surface area contributed by atoms with E-state index in [-0.39, 0.29) is 18.9 Å². The third kappa shape index (κ3) is 3.57. The second-order valence-corrected chi connectivity index (χ2v) is 5.00. The number of benzene rings is 1. The molecule has 1 aromatic rings. The monoisotopic (exact) mass is 277 g/mol. The van der Waals surface area contributed by atoms with Gasteiger partial charge in [0.15, 0.2) is 0 Å². The molecular formula is C15H19NO4. The fourth-order valence-electron chi connectivity index (χ4n) is 2.37. The van der Waals surface area contributed by atoms with Crippen LogP contribution in [0.25, 0.3) is 0 Å². The zero-order valence-corrected chi connectivity index (χ0v) is 11.5. The van der Waals surface area contributed by atoms with Crippen molar-refractivity contribution >= 4 is 11.9 Å². The molecule has 0 saturated carbocycles. The Morgan fingerprint density at radius 1 is 1.35 bits per heavy atom. The summed E-state index contributed by atoms with van der Waals surface area (Å²) in [4.78, 5) is 25.1. The van der Waals surface area contributed by atoms with Crippen molar-refractivity contribution in [2.75, 3.05) is 6.54 Å². The second-order valence-electron chi connectivity index (χ2n) is 5.00. The van der Waals surface area contributed by atoms with Crippen molar-refractivity contribution in [3.63, 3.8) is 0 Å². The molecule has 0 spiro atoms. The third-order valence-electron chi connectivity index (χ3n) is 3.48. The summed E-state index contributed by atoms with van der Waals surface area (Å²) in [5, 5.41) is 9.67. The number of hydrogen-bond acceptors (Lipinski definition) is 4. The predicted molar refractivity (Wildman–Crippen MR) is 72.7 cm³/mol. The number of hydrogen-bond donors (Lipinski definition) is 1. The summed E-state index contributed by atoms with van der Waals surface area (Å²) in [6.45, 7) is 1.99. The Balaban J connectivity index is 1.97. The van der Waals surface area contributed by atoms with Crippen LogP contribution >= 0.6 is 0 Å². The minimum atomic E-state index is -0.681. The third-order valence-corrected chi connectivity index (χ3v) is 3.48. The molecule has 2 rings (SSSR count). The van der Waals surface area contributed by atoms with Crippen LogP contribution in [0, 0.1) is 0 Å². The maximum absolute atomic E-state index is 12.1. The molecule has 5 nitrogen and oxygen atoms in total. The van der Waals surface area contributed by atoms with Gasteiger partial charge in [-0.15, -0.1) is 0 Å². The Morgan fingerprint density at radius 2 is 2.05 bits per heavy atom. The number of likely N-dealkylation sites (tertiary alicyclic amines) is 1. The van der Waals surface area contributed by atoms with Gasteiger partial charge in [-0.25, -0.2) is 4.79 Å². The Kier molecular flexibility index (Phi) is 4.74. The van der Waals surface area contributed by atoms with Crippen molar-refractivity contribution in [1.82, 2.24) is 4.90 Å². The standard InChI is InChI=1S/C15H19NO4/c1-11(17)16-8-7-13(18)9-14(16)15(19)20-10-12-5-3-2-4-6-12/h2-6,13-14,18H,7-10H2,1H3/t13-,14?/m1/s1. The van der Waals surface area contributed by atoms with Gasteiger partial charge in [-0.2, -0.15) is 0 Å². The number of carbonyl (C=O) groups excluding carboxylic acids is 2. The van der Waals surface area contributed by atoms with Gasteiger partial charge in [-0.05, 0) is 12.0 Å². The summed E-state index contributed by atoms with van der Waals surface area (Å²) in [5.41, 5.74) is 0.895. The van der Waals surface area contributed by atoms with E-state index in [9.17, 15) is 14.7 Å². The highest BCUT2D eigenvalue weighted by Gasteiger charge is 2.35. The zero-order chi connectivity index (χ0) is 14.5. The molecule has 1 heterocycles. The molecule has 1 fully saturated rings. The number of ether oxygens (including phenoxy) is 1. The molecule has 0 aromatic heterocycles. The first-order valence-electron chi connectivity index (χ1n) is 6.73. The number of piperidine rings is 1. The van der Waals surface area contributed by atoms with E-state index in [1.54, 1.807) is 0 Å². The minimum Gasteiger partial charge on any atom is -0.459 e. The largest absolute Gasteiger partial charge is 0.459 e. The summed E-state index contributed by atoms with van der Waals surface area (Å²) >= 11 is 0. The molecule has 1 N–H and O–H groups in total. The van der Waals surface area contributed by atoms with Gasteiger partial charge in [0.2, 0.25) is 5.91 Å². The van der Waals surface area contributed by atoms with Crippen molar-refractivity contribution in [2.45, 2.75) is 38.5 Å². The van der Waals surface area contributed by atoms with E-state index in [4.69, 9.17) is 4.74 Å². The molecular weight excluding hydrogens is 258 g/mol. The summed E-state index contributed by atoms with van der Waals surface area (Å²) in [6, 6.07) is 8.68. The van der Waals surface area contributed by atoms with Crippen LogP contribution in [0.5, 0.6) is 0 Å². The first kappa shape index (κ1) is 14.5. The van der Waals surface area contributed by atoms with Gasteiger partial charge in [-0.1, -0.05) is 30.3 Å². The highest BCUT2D eigenvalue weighted by Crippen LogP contribution is 2.19. The van der Waals surface area contributed by atoms with E-state index in [1.165, 1.54) is 11.8 Å². The van der Waals surface area contributed by atoms with Gasteiger partial charge in [0, 0.05) is 19.9 Å². The lowest BCUT2D eigenvalue weighted by Crippen LogP contribution is -2.51. The smallest absolute Gasteiger partial charge is 0.329 e. The average molecular weight is 277 g/mol. The van der Waals surface area contributed by atoms with E-state index in [1.807, 2.05) is 30.3 Å². The number of nitrogens with zero attached hydrogens (tertiary/aromatic N) is 1. The predicted octanol–water partition coefficient (Wildman–Crippen LogP) is 1.10. The molecule has 0 bridgehead atoms. The van der Waals surface area contributed by atoms with Gasteiger partial charge in [0.05, 0.1) is 6.10 Å². The zero-order valence-electron chi connectivity index (χ0n) is 11.5. The van der Waals surface area contributed by atoms with Crippen LogP contribution in [0.15, 0.2) is 30.3 Å². The summed E-state index contributed by atoms with van der Waals surface area (Å²) in [6.07, 6.45) is 0.190. The minimum absolute atomic E-state index is 0.168. The first-order chi connectivity index (χ1) is 9.58. The van der Waals surface area contributed by atoms with E-state index in [2.05, 4.69) is 0 Å². The van der Waals surface area contributed by atoms with Crippen LogP contribution in [0.2, 0.25) is 0 Å². The van der Waals surface area contributed by atoms with Crippen molar-refractivity contribution in [3.8, 4) is 0 Å². The molecule has 1 saturated heterocycles. The van der Waals surface area contributed by atoms with Crippen LogP contribution in [0.4, 0.5) is 0 Å². The Morgan fingerprint density at radius 3 is 2.70 bits per heavy atom.